The van der Waals surface area contributed by atoms with E-state index in [0.717, 1.165) is 12.1 Å². The Morgan fingerprint density at radius 1 is 1.16 bits per heavy atom. The van der Waals surface area contributed by atoms with Crippen LogP contribution in [0.2, 0.25) is 0 Å². The molecule has 0 saturated heterocycles. The summed E-state index contributed by atoms with van der Waals surface area (Å²) in [5.41, 5.74) is 0.973. The van der Waals surface area contributed by atoms with Crippen LogP contribution in [-0.4, -0.2) is 16.0 Å². The number of fused-ring (bicyclic) bond motifs is 1. The normalized spacial score (nSPS) is 12.5. The highest BCUT2D eigenvalue weighted by molar-refractivity contribution is 5.78. The molecule has 2 rings (SSSR count). The van der Waals surface area contributed by atoms with Gasteiger partial charge in [-0.05, 0) is 31.5 Å². The maximum atomic E-state index is 11.3. The van der Waals surface area contributed by atoms with Crippen LogP contribution in [0.25, 0.3) is 11.0 Å². The molecular formula is C14H19N3O2. The number of anilines is 1. The van der Waals surface area contributed by atoms with Crippen molar-refractivity contribution in [3.63, 3.8) is 0 Å². The van der Waals surface area contributed by atoms with Crippen LogP contribution in [0.3, 0.4) is 0 Å². The van der Waals surface area contributed by atoms with E-state index in [0.29, 0.717) is 17.1 Å². The Balaban J connectivity index is 2.24. The lowest BCUT2D eigenvalue weighted by molar-refractivity contribution is 0.645. The number of hydrogen-bond donors (Lipinski definition) is 3. The second kappa shape index (κ2) is 5.73. The smallest absolute Gasteiger partial charge is 0.314 e. The first-order chi connectivity index (χ1) is 9.10. The molecule has 1 aromatic heterocycles. The molecule has 0 bridgehead atoms. The van der Waals surface area contributed by atoms with E-state index in [2.05, 4.69) is 29.1 Å². The SMILES string of the molecule is CCCCC(C)Nc1ccc2[nH]c(=O)c(=O)[nH]c2c1. The molecule has 19 heavy (non-hydrogen) atoms. The number of H-pyrrole nitrogens is 2. The minimum absolute atomic E-state index is 0.381. The molecular weight excluding hydrogens is 242 g/mol. The van der Waals surface area contributed by atoms with Gasteiger partial charge in [0.15, 0.2) is 0 Å². The van der Waals surface area contributed by atoms with Gasteiger partial charge in [-0.25, -0.2) is 0 Å². The monoisotopic (exact) mass is 261 g/mol. The highest BCUT2D eigenvalue weighted by Crippen LogP contribution is 2.16. The number of aromatic nitrogens is 2. The van der Waals surface area contributed by atoms with Crippen molar-refractivity contribution in [2.24, 2.45) is 0 Å². The Labute approximate surface area is 111 Å². The number of nitrogens with one attached hydrogen (secondary N) is 3. The van der Waals surface area contributed by atoms with Crippen LogP contribution < -0.4 is 16.4 Å². The molecule has 102 valence electrons. The molecule has 5 heteroatoms. The molecule has 1 heterocycles. The number of benzene rings is 1. The summed E-state index contributed by atoms with van der Waals surface area (Å²) in [5, 5.41) is 3.39. The topological polar surface area (TPSA) is 77.8 Å². The number of aromatic amines is 2. The summed E-state index contributed by atoms with van der Waals surface area (Å²) in [6.45, 7) is 4.30. The van der Waals surface area contributed by atoms with Crippen molar-refractivity contribution in [1.82, 2.24) is 9.97 Å². The van der Waals surface area contributed by atoms with E-state index in [-0.39, 0.29) is 0 Å². The first-order valence-corrected chi connectivity index (χ1v) is 6.63. The minimum Gasteiger partial charge on any atom is -0.383 e. The fraction of sp³-hybridized carbons (Fsp3) is 0.429. The third kappa shape index (κ3) is 3.24. The molecule has 0 aliphatic carbocycles. The Kier molecular flexibility index (Phi) is 4.04. The first kappa shape index (κ1) is 13.4. The molecule has 0 amide bonds. The summed E-state index contributed by atoms with van der Waals surface area (Å²) in [5.74, 6) is 0. The lowest BCUT2D eigenvalue weighted by atomic mass is 10.1. The van der Waals surface area contributed by atoms with Gasteiger partial charge in [-0.3, -0.25) is 9.59 Å². The molecule has 0 aliphatic heterocycles. The highest BCUT2D eigenvalue weighted by Gasteiger charge is 2.04. The zero-order valence-electron chi connectivity index (χ0n) is 11.2. The molecule has 0 radical (unpaired) electrons. The lowest BCUT2D eigenvalue weighted by Gasteiger charge is -2.15. The number of rotatable bonds is 5. The van der Waals surface area contributed by atoms with E-state index < -0.39 is 11.1 Å². The Morgan fingerprint density at radius 3 is 2.53 bits per heavy atom. The second-order valence-corrected chi connectivity index (χ2v) is 4.86. The molecule has 2 aromatic rings. The summed E-state index contributed by atoms with van der Waals surface area (Å²) in [7, 11) is 0. The Morgan fingerprint density at radius 2 is 1.84 bits per heavy atom. The summed E-state index contributed by atoms with van der Waals surface area (Å²) < 4.78 is 0. The molecule has 0 aliphatic rings. The average Bonchev–Trinajstić information content (AvgIpc) is 2.38. The van der Waals surface area contributed by atoms with E-state index in [4.69, 9.17) is 0 Å². The van der Waals surface area contributed by atoms with Crippen molar-refractivity contribution in [2.75, 3.05) is 5.32 Å². The van der Waals surface area contributed by atoms with Crippen molar-refractivity contribution >= 4 is 16.7 Å². The van der Waals surface area contributed by atoms with E-state index in [1.54, 1.807) is 6.07 Å². The molecule has 5 nitrogen and oxygen atoms in total. The number of unbranched alkanes of at least 4 members (excludes halogenated alkanes) is 1. The van der Waals surface area contributed by atoms with Crippen molar-refractivity contribution in [3.8, 4) is 0 Å². The van der Waals surface area contributed by atoms with Gasteiger partial charge in [0.1, 0.15) is 0 Å². The summed E-state index contributed by atoms with van der Waals surface area (Å²) in [6, 6.07) is 5.92. The zero-order valence-corrected chi connectivity index (χ0v) is 11.2. The van der Waals surface area contributed by atoms with Crippen LogP contribution in [0.1, 0.15) is 33.1 Å². The Bertz CT molecular complexity index is 672. The van der Waals surface area contributed by atoms with E-state index in [1.165, 1.54) is 12.8 Å². The van der Waals surface area contributed by atoms with Gasteiger partial charge >= 0.3 is 11.1 Å². The van der Waals surface area contributed by atoms with Gasteiger partial charge in [-0.2, -0.15) is 0 Å². The van der Waals surface area contributed by atoms with E-state index in [1.807, 2.05) is 12.1 Å². The van der Waals surface area contributed by atoms with Crippen molar-refractivity contribution < 1.29 is 0 Å². The van der Waals surface area contributed by atoms with Crippen molar-refractivity contribution in [3.05, 3.63) is 38.9 Å². The van der Waals surface area contributed by atoms with Gasteiger partial charge < -0.3 is 15.3 Å². The van der Waals surface area contributed by atoms with Gasteiger partial charge in [0.25, 0.3) is 0 Å². The standard InChI is InChI=1S/C14H19N3O2/c1-3-4-5-9(2)15-10-6-7-11-12(8-10)17-14(19)13(18)16-11/h6-9,15H,3-5H2,1-2H3,(H,16,18)(H,17,19). The largest absolute Gasteiger partial charge is 0.383 e. The van der Waals surface area contributed by atoms with Gasteiger partial charge in [0.2, 0.25) is 0 Å². The molecule has 1 unspecified atom stereocenters. The molecule has 1 atom stereocenters. The summed E-state index contributed by atoms with van der Waals surface area (Å²) >= 11 is 0. The Hall–Kier alpha value is -2.04. The molecule has 0 saturated carbocycles. The molecule has 1 aromatic carbocycles. The first-order valence-electron chi connectivity index (χ1n) is 6.63. The summed E-state index contributed by atoms with van der Waals surface area (Å²) in [6.07, 6.45) is 3.47. The van der Waals surface area contributed by atoms with Crippen LogP contribution in [0.5, 0.6) is 0 Å². The van der Waals surface area contributed by atoms with Crippen LogP contribution in [0.15, 0.2) is 27.8 Å². The van der Waals surface area contributed by atoms with Gasteiger partial charge in [0.05, 0.1) is 11.0 Å². The van der Waals surface area contributed by atoms with Gasteiger partial charge in [0, 0.05) is 11.7 Å². The van der Waals surface area contributed by atoms with Crippen molar-refractivity contribution in [2.45, 2.75) is 39.2 Å². The summed E-state index contributed by atoms with van der Waals surface area (Å²) in [4.78, 5) is 27.6. The molecule has 0 spiro atoms. The highest BCUT2D eigenvalue weighted by atomic mass is 16.2. The van der Waals surface area contributed by atoms with Crippen LogP contribution in [0.4, 0.5) is 5.69 Å². The number of hydrogen-bond acceptors (Lipinski definition) is 3. The second-order valence-electron chi connectivity index (χ2n) is 4.86. The van der Waals surface area contributed by atoms with E-state index in [9.17, 15) is 9.59 Å². The lowest BCUT2D eigenvalue weighted by Crippen LogP contribution is -2.28. The van der Waals surface area contributed by atoms with Gasteiger partial charge in [-0.15, -0.1) is 0 Å². The zero-order chi connectivity index (χ0) is 13.8. The quantitative estimate of drug-likeness (QED) is 0.722. The van der Waals surface area contributed by atoms with Gasteiger partial charge in [-0.1, -0.05) is 19.8 Å². The van der Waals surface area contributed by atoms with Crippen molar-refractivity contribution in [1.29, 1.82) is 0 Å². The van der Waals surface area contributed by atoms with Crippen LogP contribution >= 0.6 is 0 Å². The van der Waals surface area contributed by atoms with Crippen LogP contribution in [-0.2, 0) is 0 Å². The average molecular weight is 261 g/mol. The maximum absolute atomic E-state index is 11.3. The fourth-order valence-corrected chi connectivity index (χ4v) is 2.07. The molecule has 0 fully saturated rings. The van der Waals surface area contributed by atoms with Crippen LogP contribution in [0, 0.1) is 0 Å². The predicted molar refractivity (Wildman–Crippen MR) is 77.8 cm³/mol. The maximum Gasteiger partial charge on any atom is 0.314 e. The van der Waals surface area contributed by atoms with E-state index >= 15 is 0 Å². The third-order valence-electron chi connectivity index (χ3n) is 3.13. The predicted octanol–water partition coefficient (Wildman–Crippen LogP) is 2.21. The fourth-order valence-electron chi connectivity index (χ4n) is 2.07. The molecule has 3 N–H and O–H groups in total. The minimum atomic E-state index is -0.622. The third-order valence-corrected chi connectivity index (χ3v) is 3.13.